The Balaban J connectivity index is 1.70. The van der Waals surface area contributed by atoms with Gasteiger partial charge in [0, 0.05) is 50.2 Å². The smallest absolute Gasteiger partial charge is 0.317 e. The van der Waals surface area contributed by atoms with Crippen LogP contribution in [0.25, 0.3) is 0 Å². The summed E-state index contributed by atoms with van der Waals surface area (Å²) in [4.78, 5) is 28.6. The van der Waals surface area contributed by atoms with Crippen LogP contribution in [0.15, 0.2) is 6.20 Å². The van der Waals surface area contributed by atoms with Crippen molar-refractivity contribution in [2.24, 2.45) is 11.8 Å². The zero-order valence-corrected chi connectivity index (χ0v) is 20.0. The fourth-order valence-electron chi connectivity index (χ4n) is 5.06. The average Bonchev–Trinajstić information content (AvgIpc) is 2.69. The molecule has 8 nitrogen and oxygen atoms in total. The molecular weight excluding hydrogens is 390 g/mol. The van der Waals surface area contributed by atoms with E-state index in [0.29, 0.717) is 23.8 Å². The summed E-state index contributed by atoms with van der Waals surface area (Å²) in [7, 11) is 4.10. The van der Waals surface area contributed by atoms with Crippen LogP contribution in [0, 0.1) is 11.8 Å². The molecule has 1 aromatic rings. The van der Waals surface area contributed by atoms with Crippen molar-refractivity contribution in [3.8, 4) is 0 Å². The summed E-state index contributed by atoms with van der Waals surface area (Å²) in [6.07, 6.45) is 5.89. The summed E-state index contributed by atoms with van der Waals surface area (Å²) in [6, 6.07) is 0.724. The molecule has 0 unspecified atom stereocenters. The number of nitrogens with one attached hydrogen (secondary N) is 1. The second-order valence-electron chi connectivity index (χ2n) is 9.96. The van der Waals surface area contributed by atoms with Gasteiger partial charge in [0.2, 0.25) is 5.95 Å². The van der Waals surface area contributed by atoms with Crippen molar-refractivity contribution in [1.29, 1.82) is 0 Å². The van der Waals surface area contributed by atoms with Crippen LogP contribution in [0.1, 0.15) is 44.9 Å². The molecule has 1 aromatic heterocycles. The van der Waals surface area contributed by atoms with Gasteiger partial charge in [-0.25, -0.2) is 14.8 Å². The molecule has 1 fully saturated rings. The third-order valence-electron chi connectivity index (χ3n) is 6.44. The van der Waals surface area contributed by atoms with Crippen molar-refractivity contribution in [1.82, 2.24) is 30.0 Å². The predicted molar refractivity (Wildman–Crippen MR) is 125 cm³/mol. The Kier molecular flexibility index (Phi) is 8.11. The van der Waals surface area contributed by atoms with E-state index in [1.54, 1.807) is 0 Å². The van der Waals surface area contributed by atoms with E-state index in [1.807, 2.05) is 25.2 Å². The number of urea groups is 1. The summed E-state index contributed by atoms with van der Waals surface area (Å²) >= 11 is 0. The lowest BCUT2D eigenvalue weighted by molar-refractivity contribution is 0.0621. The van der Waals surface area contributed by atoms with Gasteiger partial charge in [-0.3, -0.25) is 4.90 Å². The molecule has 2 aliphatic rings. The van der Waals surface area contributed by atoms with E-state index in [9.17, 15) is 4.79 Å². The Labute approximate surface area is 187 Å². The molecule has 2 heterocycles. The molecule has 1 saturated heterocycles. The van der Waals surface area contributed by atoms with Crippen LogP contribution >= 0.6 is 0 Å². The largest absolute Gasteiger partial charge is 0.368 e. The monoisotopic (exact) mass is 431 g/mol. The maximum atomic E-state index is 13.2. The first-order valence-corrected chi connectivity index (χ1v) is 11.8. The molecule has 31 heavy (non-hydrogen) atoms. The Hall–Kier alpha value is -1.93. The van der Waals surface area contributed by atoms with Crippen molar-refractivity contribution in [3.63, 3.8) is 0 Å². The van der Waals surface area contributed by atoms with Crippen LogP contribution in [0.2, 0.25) is 0 Å². The highest BCUT2D eigenvalue weighted by Crippen LogP contribution is 2.34. The fourth-order valence-corrected chi connectivity index (χ4v) is 5.06. The van der Waals surface area contributed by atoms with E-state index in [2.05, 4.69) is 45.9 Å². The third kappa shape index (κ3) is 6.29. The number of carbonyl (C=O) groups excluding carboxylic acids is 1. The normalized spacial score (nSPS) is 23.5. The standard InChI is InChI=1S/C23H41N7O/c1-6-7-29-15-19(26-23(31)30(14-16(2)3)9-8-28(4)5)10-17-11-20-18(12-21(17)29)13-25-22(24)27-20/h13,16-17,19,21H,6-12,14-15H2,1-5H3,(H,26,31)(H2,24,25,27)/t17-,19+,21-/m1/s1. The average molecular weight is 432 g/mol. The number of rotatable bonds is 8. The molecule has 0 spiro atoms. The fraction of sp³-hybridized carbons (Fsp3) is 0.783. The van der Waals surface area contributed by atoms with Gasteiger partial charge >= 0.3 is 6.03 Å². The van der Waals surface area contributed by atoms with Crippen molar-refractivity contribution in [2.75, 3.05) is 52.6 Å². The Morgan fingerprint density at radius 3 is 2.77 bits per heavy atom. The predicted octanol–water partition coefficient (Wildman–Crippen LogP) is 1.86. The Morgan fingerprint density at radius 1 is 1.32 bits per heavy atom. The number of nitrogen functional groups attached to an aromatic ring is 1. The first-order valence-electron chi connectivity index (χ1n) is 11.8. The minimum Gasteiger partial charge on any atom is -0.368 e. The van der Waals surface area contributed by atoms with Crippen LogP contribution in [0.3, 0.4) is 0 Å². The molecule has 0 radical (unpaired) electrons. The van der Waals surface area contributed by atoms with Crippen LogP contribution in [-0.2, 0) is 12.8 Å². The number of carbonyl (C=O) groups is 1. The summed E-state index contributed by atoms with van der Waals surface area (Å²) < 4.78 is 0. The van der Waals surface area contributed by atoms with E-state index in [0.717, 1.165) is 64.1 Å². The van der Waals surface area contributed by atoms with Crippen LogP contribution in [0.4, 0.5) is 10.7 Å². The zero-order valence-electron chi connectivity index (χ0n) is 20.0. The molecule has 174 valence electrons. The summed E-state index contributed by atoms with van der Waals surface area (Å²) in [5.74, 6) is 1.28. The summed E-state index contributed by atoms with van der Waals surface area (Å²) in [6.45, 7) is 10.9. The van der Waals surface area contributed by atoms with Gasteiger partial charge in [0.05, 0.1) is 0 Å². The number of fused-ring (bicyclic) bond motifs is 2. The number of likely N-dealkylation sites (N-methyl/N-ethyl adjacent to an activating group) is 1. The molecule has 0 bridgehead atoms. The van der Waals surface area contributed by atoms with Crippen molar-refractivity contribution in [3.05, 3.63) is 17.5 Å². The highest BCUT2D eigenvalue weighted by molar-refractivity contribution is 5.74. The van der Waals surface area contributed by atoms with Gasteiger partial charge in [0.25, 0.3) is 0 Å². The second-order valence-corrected chi connectivity index (χ2v) is 9.96. The Morgan fingerprint density at radius 2 is 2.10 bits per heavy atom. The lowest BCUT2D eigenvalue weighted by Gasteiger charge is -2.47. The quantitative estimate of drug-likeness (QED) is 0.653. The van der Waals surface area contributed by atoms with Crippen molar-refractivity contribution >= 4 is 12.0 Å². The first kappa shape index (κ1) is 23.7. The number of hydrogen-bond donors (Lipinski definition) is 2. The minimum atomic E-state index is 0.0678. The summed E-state index contributed by atoms with van der Waals surface area (Å²) in [5.41, 5.74) is 8.16. The molecule has 2 amide bonds. The number of aromatic nitrogens is 2. The molecule has 1 aliphatic heterocycles. The number of nitrogens with two attached hydrogens (primary N) is 1. The van der Waals surface area contributed by atoms with Crippen LogP contribution in [-0.4, -0.2) is 89.6 Å². The number of anilines is 1. The van der Waals surface area contributed by atoms with E-state index >= 15 is 0 Å². The van der Waals surface area contributed by atoms with E-state index < -0.39 is 0 Å². The summed E-state index contributed by atoms with van der Waals surface area (Å²) in [5, 5.41) is 3.37. The van der Waals surface area contributed by atoms with Gasteiger partial charge in [-0.2, -0.15) is 0 Å². The molecule has 8 heteroatoms. The molecule has 3 N–H and O–H groups in total. The molecule has 3 atom stereocenters. The van der Waals surface area contributed by atoms with E-state index in [4.69, 9.17) is 5.73 Å². The highest BCUT2D eigenvalue weighted by Gasteiger charge is 2.40. The number of piperidine rings is 1. The maximum Gasteiger partial charge on any atom is 0.317 e. The van der Waals surface area contributed by atoms with Crippen LogP contribution in [0.5, 0.6) is 0 Å². The number of hydrogen-bond acceptors (Lipinski definition) is 6. The van der Waals surface area contributed by atoms with E-state index in [1.165, 1.54) is 5.56 Å². The van der Waals surface area contributed by atoms with Gasteiger partial charge in [-0.05, 0) is 63.7 Å². The molecule has 0 aromatic carbocycles. The van der Waals surface area contributed by atoms with Gasteiger partial charge in [-0.1, -0.05) is 20.8 Å². The van der Waals surface area contributed by atoms with Gasteiger partial charge in [0.1, 0.15) is 0 Å². The lowest BCUT2D eigenvalue weighted by Crippen LogP contribution is -2.59. The SMILES string of the molecule is CCCN1C[C@@H](NC(=O)N(CCN(C)C)CC(C)C)C[C@@H]2Cc3nc(N)ncc3C[C@H]21. The lowest BCUT2D eigenvalue weighted by atomic mass is 9.76. The number of nitrogens with zero attached hydrogens (tertiary/aromatic N) is 5. The Bertz CT molecular complexity index is 739. The topological polar surface area (TPSA) is 90.6 Å². The third-order valence-corrected chi connectivity index (χ3v) is 6.44. The van der Waals surface area contributed by atoms with Crippen molar-refractivity contribution in [2.45, 2.75) is 58.5 Å². The molecular formula is C23H41N7O. The second kappa shape index (κ2) is 10.6. The van der Waals surface area contributed by atoms with Gasteiger partial charge < -0.3 is 20.9 Å². The minimum absolute atomic E-state index is 0.0678. The van der Waals surface area contributed by atoms with Crippen molar-refractivity contribution < 1.29 is 4.79 Å². The zero-order chi connectivity index (χ0) is 22.5. The van der Waals surface area contributed by atoms with E-state index in [-0.39, 0.29) is 12.1 Å². The van der Waals surface area contributed by atoms with Crippen LogP contribution < -0.4 is 11.1 Å². The molecule has 1 aliphatic carbocycles. The molecule has 0 saturated carbocycles. The molecule has 3 rings (SSSR count). The number of likely N-dealkylation sites (tertiary alicyclic amines) is 1. The van der Waals surface area contributed by atoms with Gasteiger partial charge in [-0.15, -0.1) is 0 Å². The highest BCUT2D eigenvalue weighted by atomic mass is 16.2. The first-order chi connectivity index (χ1) is 14.8. The van der Waals surface area contributed by atoms with Gasteiger partial charge in [0.15, 0.2) is 0 Å². The maximum absolute atomic E-state index is 13.2. The number of amides is 2.